The average molecular weight is 198 g/mol. The minimum Gasteiger partial charge on any atom is -0.307 e. The standard InChI is InChI=1S/C8H17F3N2/c1-3-5-13(2)6-4-12-7-8(9,10)11/h12H,3-7H2,1-2H3. The summed E-state index contributed by atoms with van der Waals surface area (Å²) in [5.74, 6) is 0. The maximum Gasteiger partial charge on any atom is 0.401 e. The smallest absolute Gasteiger partial charge is 0.307 e. The van der Waals surface area contributed by atoms with Crippen LogP contribution >= 0.6 is 0 Å². The lowest BCUT2D eigenvalue weighted by atomic mass is 10.4. The van der Waals surface area contributed by atoms with Gasteiger partial charge in [0.2, 0.25) is 0 Å². The molecule has 0 aliphatic carbocycles. The second-order valence-electron chi connectivity index (χ2n) is 3.10. The molecule has 0 aromatic heterocycles. The number of rotatable bonds is 6. The monoisotopic (exact) mass is 198 g/mol. The largest absolute Gasteiger partial charge is 0.401 e. The van der Waals surface area contributed by atoms with Crippen molar-refractivity contribution in [2.45, 2.75) is 19.5 Å². The van der Waals surface area contributed by atoms with E-state index in [-0.39, 0.29) is 0 Å². The maximum atomic E-state index is 11.7. The second kappa shape index (κ2) is 6.21. The third-order valence-electron chi connectivity index (χ3n) is 1.60. The number of nitrogens with zero attached hydrogens (tertiary/aromatic N) is 1. The van der Waals surface area contributed by atoms with Gasteiger partial charge in [0, 0.05) is 13.1 Å². The van der Waals surface area contributed by atoms with Gasteiger partial charge in [0.1, 0.15) is 0 Å². The molecule has 0 aromatic rings. The van der Waals surface area contributed by atoms with Crippen LogP contribution in [0.15, 0.2) is 0 Å². The molecule has 0 rings (SSSR count). The first-order valence-corrected chi connectivity index (χ1v) is 4.41. The van der Waals surface area contributed by atoms with Crippen LogP contribution in [-0.4, -0.2) is 44.3 Å². The van der Waals surface area contributed by atoms with Gasteiger partial charge in [-0.1, -0.05) is 6.92 Å². The van der Waals surface area contributed by atoms with Crippen molar-refractivity contribution in [2.24, 2.45) is 0 Å². The molecule has 0 aliphatic heterocycles. The number of hydrogen-bond donors (Lipinski definition) is 1. The molecule has 5 heteroatoms. The van der Waals surface area contributed by atoms with Crippen LogP contribution in [0.4, 0.5) is 13.2 Å². The predicted octanol–water partition coefficient (Wildman–Crippen LogP) is 1.48. The molecule has 0 bridgehead atoms. The molecule has 0 aromatic carbocycles. The van der Waals surface area contributed by atoms with Crippen molar-refractivity contribution >= 4 is 0 Å². The lowest BCUT2D eigenvalue weighted by Gasteiger charge is -2.16. The third kappa shape index (κ3) is 9.63. The first-order chi connectivity index (χ1) is 5.95. The summed E-state index contributed by atoms with van der Waals surface area (Å²) in [6, 6.07) is 0. The molecule has 0 fully saturated rings. The van der Waals surface area contributed by atoms with Crippen LogP contribution in [0.3, 0.4) is 0 Å². The van der Waals surface area contributed by atoms with E-state index in [0.717, 1.165) is 13.0 Å². The molecule has 0 amide bonds. The molecule has 0 aliphatic rings. The topological polar surface area (TPSA) is 15.3 Å². The SMILES string of the molecule is CCCN(C)CCNCC(F)(F)F. The number of nitrogens with one attached hydrogen (secondary N) is 1. The summed E-state index contributed by atoms with van der Waals surface area (Å²) in [5, 5.41) is 2.35. The molecule has 0 saturated carbocycles. The molecule has 13 heavy (non-hydrogen) atoms. The van der Waals surface area contributed by atoms with E-state index in [4.69, 9.17) is 0 Å². The molecule has 2 nitrogen and oxygen atoms in total. The Hall–Kier alpha value is -0.290. The van der Waals surface area contributed by atoms with E-state index in [0.29, 0.717) is 13.1 Å². The fourth-order valence-electron chi connectivity index (χ4n) is 0.994. The number of likely N-dealkylation sites (N-methyl/N-ethyl adjacent to an activating group) is 1. The van der Waals surface area contributed by atoms with E-state index >= 15 is 0 Å². The van der Waals surface area contributed by atoms with Crippen LogP contribution in [0.2, 0.25) is 0 Å². The lowest BCUT2D eigenvalue weighted by Crippen LogP contribution is -2.35. The minimum atomic E-state index is -4.09. The Morgan fingerprint density at radius 1 is 1.23 bits per heavy atom. The molecular formula is C8H17F3N2. The maximum absolute atomic E-state index is 11.7. The van der Waals surface area contributed by atoms with Crippen LogP contribution in [0.25, 0.3) is 0 Å². The Labute approximate surface area is 77.1 Å². The van der Waals surface area contributed by atoms with Gasteiger partial charge in [0.05, 0.1) is 6.54 Å². The molecule has 0 radical (unpaired) electrons. The highest BCUT2D eigenvalue weighted by Gasteiger charge is 2.25. The Balaban J connectivity index is 3.25. The fourth-order valence-corrected chi connectivity index (χ4v) is 0.994. The first kappa shape index (κ1) is 12.7. The van der Waals surface area contributed by atoms with Crippen LogP contribution in [-0.2, 0) is 0 Å². The van der Waals surface area contributed by atoms with E-state index in [1.165, 1.54) is 0 Å². The van der Waals surface area contributed by atoms with Gasteiger partial charge in [-0.2, -0.15) is 13.2 Å². The number of hydrogen-bond acceptors (Lipinski definition) is 2. The highest BCUT2D eigenvalue weighted by molar-refractivity contribution is 4.58. The Morgan fingerprint density at radius 2 is 1.85 bits per heavy atom. The molecule has 0 unspecified atom stereocenters. The molecule has 80 valence electrons. The summed E-state index contributed by atoms with van der Waals surface area (Å²) in [7, 11) is 1.90. The van der Waals surface area contributed by atoms with E-state index < -0.39 is 12.7 Å². The predicted molar refractivity (Wildman–Crippen MR) is 46.7 cm³/mol. The lowest BCUT2D eigenvalue weighted by molar-refractivity contribution is -0.124. The number of alkyl halides is 3. The Morgan fingerprint density at radius 3 is 2.31 bits per heavy atom. The van der Waals surface area contributed by atoms with Gasteiger partial charge in [-0.25, -0.2) is 0 Å². The normalized spacial score (nSPS) is 12.5. The van der Waals surface area contributed by atoms with Crippen molar-refractivity contribution in [3.8, 4) is 0 Å². The zero-order valence-electron chi connectivity index (χ0n) is 8.12. The third-order valence-corrected chi connectivity index (χ3v) is 1.60. The van der Waals surface area contributed by atoms with Crippen molar-refractivity contribution in [3.63, 3.8) is 0 Å². The van der Waals surface area contributed by atoms with E-state index in [9.17, 15) is 13.2 Å². The summed E-state index contributed by atoms with van der Waals surface area (Å²) in [6.45, 7) is 3.11. The van der Waals surface area contributed by atoms with Gasteiger partial charge in [-0.05, 0) is 20.0 Å². The molecule has 0 atom stereocenters. The highest BCUT2D eigenvalue weighted by Crippen LogP contribution is 2.11. The molecule has 0 spiro atoms. The van der Waals surface area contributed by atoms with Crippen LogP contribution < -0.4 is 5.32 Å². The van der Waals surface area contributed by atoms with Gasteiger partial charge >= 0.3 is 6.18 Å². The summed E-state index contributed by atoms with van der Waals surface area (Å²) >= 11 is 0. The van der Waals surface area contributed by atoms with E-state index in [1.807, 2.05) is 18.9 Å². The molecular weight excluding hydrogens is 181 g/mol. The van der Waals surface area contributed by atoms with Crippen molar-refractivity contribution in [1.82, 2.24) is 10.2 Å². The van der Waals surface area contributed by atoms with Crippen LogP contribution in [0.1, 0.15) is 13.3 Å². The summed E-state index contributed by atoms with van der Waals surface area (Å²) in [5.41, 5.74) is 0. The quantitative estimate of drug-likeness (QED) is 0.650. The zero-order chi connectivity index (χ0) is 10.3. The van der Waals surface area contributed by atoms with Gasteiger partial charge in [-0.3, -0.25) is 0 Å². The molecule has 1 N–H and O–H groups in total. The summed E-state index contributed by atoms with van der Waals surface area (Å²) < 4.78 is 35.0. The van der Waals surface area contributed by atoms with Gasteiger partial charge in [-0.15, -0.1) is 0 Å². The van der Waals surface area contributed by atoms with Crippen molar-refractivity contribution in [1.29, 1.82) is 0 Å². The van der Waals surface area contributed by atoms with Gasteiger partial charge in [0.25, 0.3) is 0 Å². The molecule has 0 saturated heterocycles. The van der Waals surface area contributed by atoms with E-state index in [1.54, 1.807) is 0 Å². The first-order valence-electron chi connectivity index (χ1n) is 4.41. The summed E-state index contributed by atoms with van der Waals surface area (Å²) in [4.78, 5) is 2.00. The minimum absolute atomic E-state index is 0.385. The van der Waals surface area contributed by atoms with E-state index in [2.05, 4.69) is 5.32 Å². The average Bonchev–Trinajstić information content (AvgIpc) is 1.97. The van der Waals surface area contributed by atoms with Crippen molar-refractivity contribution < 1.29 is 13.2 Å². The van der Waals surface area contributed by atoms with Gasteiger partial charge in [0.15, 0.2) is 0 Å². The zero-order valence-corrected chi connectivity index (χ0v) is 8.12. The van der Waals surface area contributed by atoms with Crippen LogP contribution in [0, 0.1) is 0 Å². The Kier molecular flexibility index (Phi) is 6.07. The number of halogens is 3. The Bertz CT molecular complexity index is 125. The molecule has 0 heterocycles. The highest BCUT2D eigenvalue weighted by atomic mass is 19.4. The fraction of sp³-hybridized carbons (Fsp3) is 1.00. The van der Waals surface area contributed by atoms with Crippen LogP contribution in [0.5, 0.6) is 0 Å². The van der Waals surface area contributed by atoms with Crippen molar-refractivity contribution in [2.75, 3.05) is 33.2 Å². The van der Waals surface area contributed by atoms with Crippen molar-refractivity contribution in [3.05, 3.63) is 0 Å². The summed E-state index contributed by atoms with van der Waals surface area (Å²) in [6.07, 6.45) is -3.07. The second-order valence-corrected chi connectivity index (χ2v) is 3.10. The van der Waals surface area contributed by atoms with Gasteiger partial charge < -0.3 is 10.2 Å².